The monoisotopic (exact) mass is 896 g/mol. The number of nitrogens with zero attached hydrogens (tertiary/aromatic N) is 6. The molecule has 3 saturated heterocycles. The average molecular weight is 897 g/mol. The van der Waals surface area contributed by atoms with Crippen LogP contribution >= 0.6 is 11.8 Å². The zero-order valence-electron chi connectivity index (χ0n) is 36.2. The number of thioether (sulfide) groups is 1. The standard InChI is InChI=1S/C42H56N6O12SSi/c1-26-35-34(27(2)49)39(51)46(35)36(40(52)58-24-28-8-12-30(13-9-28)47(54)55)37(26)61-32-22-33(45(23-32)41(53)59-25-29-10-14-31(15-11-29)48(56)57)38(50)44-18-16-43(17-19-44)20-21-60-62(6,7)42(3,4)5/h8-15,26-27,32-35,49H,16-25H2,1-7H3/t26-,27?,32+,33+,34-,35-/m1/s1. The number of rotatable bonds is 15. The smallest absolute Gasteiger partial charge is 0.410 e. The highest BCUT2D eigenvalue weighted by atomic mass is 32.2. The van der Waals surface area contributed by atoms with Gasteiger partial charge in [-0.05, 0) is 66.9 Å². The molecule has 62 heavy (non-hydrogen) atoms. The molecule has 0 aliphatic carbocycles. The van der Waals surface area contributed by atoms with E-state index in [0.717, 1.165) is 6.54 Å². The second-order valence-electron chi connectivity index (χ2n) is 17.9. The van der Waals surface area contributed by atoms with Gasteiger partial charge in [-0.1, -0.05) is 27.7 Å². The second-order valence-corrected chi connectivity index (χ2v) is 24.0. The summed E-state index contributed by atoms with van der Waals surface area (Å²) in [5, 5.41) is 32.5. The van der Waals surface area contributed by atoms with E-state index in [1.807, 2.05) is 6.92 Å². The van der Waals surface area contributed by atoms with Gasteiger partial charge in [-0.2, -0.15) is 0 Å². The maximum atomic E-state index is 14.4. The number of hydrogen-bond acceptors (Lipinski definition) is 14. The van der Waals surface area contributed by atoms with E-state index >= 15 is 0 Å². The van der Waals surface area contributed by atoms with Gasteiger partial charge in [0.15, 0.2) is 8.32 Å². The largest absolute Gasteiger partial charge is 0.456 e. The maximum absolute atomic E-state index is 14.4. The number of hydrogen-bond donors (Lipinski definition) is 1. The molecule has 4 heterocycles. The van der Waals surface area contributed by atoms with Crippen LogP contribution in [0.1, 0.15) is 52.2 Å². The number of aliphatic hydroxyl groups is 1. The normalized spacial score (nSPS) is 23.5. The number of piperazine rings is 1. The van der Waals surface area contributed by atoms with Gasteiger partial charge in [-0.25, -0.2) is 9.59 Å². The van der Waals surface area contributed by atoms with Crippen LogP contribution in [0.25, 0.3) is 0 Å². The summed E-state index contributed by atoms with van der Waals surface area (Å²) in [6, 6.07) is 9.76. The van der Waals surface area contributed by atoms with E-state index in [9.17, 15) is 44.5 Å². The lowest BCUT2D eigenvalue weighted by atomic mass is 9.79. The molecule has 336 valence electrons. The minimum atomic E-state index is -1.92. The van der Waals surface area contributed by atoms with Gasteiger partial charge in [0.05, 0.1) is 27.9 Å². The Morgan fingerprint density at radius 2 is 1.47 bits per heavy atom. The van der Waals surface area contributed by atoms with Crippen LogP contribution in [0.15, 0.2) is 59.1 Å². The number of nitro groups is 2. The molecule has 2 aromatic carbocycles. The summed E-state index contributed by atoms with van der Waals surface area (Å²) in [6.45, 7) is 17.6. The third-order valence-corrected chi connectivity index (χ3v) is 18.8. The maximum Gasteiger partial charge on any atom is 0.410 e. The number of fused-ring (bicyclic) bond motifs is 1. The lowest BCUT2D eigenvalue weighted by Crippen LogP contribution is -2.63. The fraction of sp³-hybridized carbons (Fsp3) is 0.571. The highest BCUT2D eigenvalue weighted by molar-refractivity contribution is 8.03. The van der Waals surface area contributed by atoms with Crippen molar-refractivity contribution in [3.8, 4) is 0 Å². The van der Waals surface area contributed by atoms with E-state index in [1.54, 1.807) is 4.90 Å². The van der Waals surface area contributed by atoms with Gasteiger partial charge < -0.3 is 28.8 Å². The van der Waals surface area contributed by atoms with Crippen LogP contribution in [0, 0.1) is 32.1 Å². The third kappa shape index (κ3) is 9.99. The van der Waals surface area contributed by atoms with Crippen molar-refractivity contribution in [2.24, 2.45) is 11.8 Å². The number of β-lactam (4-membered cyclic amide) rings is 1. The zero-order valence-corrected chi connectivity index (χ0v) is 38.0. The Hall–Kier alpha value is -4.89. The van der Waals surface area contributed by atoms with Crippen LogP contribution in [-0.2, 0) is 41.5 Å². The number of ether oxygens (including phenoxy) is 2. The topological polar surface area (TPSA) is 215 Å². The number of amides is 3. The summed E-state index contributed by atoms with van der Waals surface area (Å²) in [4.78, 5) is 84.2. The van der Waals surface area contributed by atoms with Gasteiger partial charge in [0.2, 0.25) is 11.8 Å². The van der Waals surface area contributed by atoms with Gasteiger partial charge in [0.1, 0.15) is 25.0 Å². The number of esters is 1. The predicted octanol–water partition coefficient (Wildman–Crippen LogP) is 5.29. The Morgan fingerprint density at radius 3 is 1.98 bits per heavy atom. The molecule has 0 radical (unpaired) electrons. The quantitative estimate of drug-likeness (QED) is 0.0791. The Bertz CT molecular complexity index is 2070. The molecule has 0 saturated carbocycles. The Labute approximate surface area is 365 Å². The molecule has 6 rings (SSSR count). The summed E-state index contributed by atoms with van der Waals surface area (Å²) in [5.41, 5.74) is 0.830. The SMILES string of the molecule is CC(O)[C@H]1C(=O)N2C(C(=O)OCc3ccc([N+](=O)[O-])cc3)=C(S[C@H]3C[C@@H](C(=O)N4CCN(CCO[Si](C)(C)C(C)(C)C)CC4)N(C(=O)OCc4ccc([N+](=O)[O-])cc4)C3)[C@H](C)[C@H]12. The highest BCUT2D eigenvalue weighted by Crippen LogP contribution is 2.52. The molecule has 18 nitrogen and oxygen atoms in total. The molecule has 2 aromatic rings. The Morgan fingerprint density at radius 1 is 0.919 bits per heavy atom. The number of likely N-dealkylation sites (tertiary alicyclic amines) is 1. The molecule has 4 aliphatic rings. The van der Waals surface area contributed by atoms with Gasteiger partial charge in [0.25, 0.3) is 11.4 Å². The Kier molecular flexibility index (Phi) is 14.2. The molecule has 0 aromatic heterocycles. The molecule has 1 N–H and O–H groups in total. The number of non-ortho nitro benzene ring substituents is 2. The van der Waals surface area contributed by atoms with Crippen molar-refractivity contribution >= 4 is 55.3 Å². The number of carbonyl (C=O) groups is 4. The number of benzene rings is 2. The lowest BCUT2D eigenvalue weighted by Gasteiger charge is -2.46. The second kappa shape index (κ2) is 18.8. The molecular weight excluding hydrogens is 841 g/mol. The Balaban J connectivity index is 1.19. The van der Waals surface area contributed by atoms with Crippen LogP contribution in [-0.4, -0.2) is 136 Å². The van der Waals surface area contributed by atoms with Crippen molar-refractivity contribution in [1.82, 2.24) is 19.6 Å². The molecule has 0 spiro atoms. The van der Waals surface area contributed by atoms with Gasteiger partial charge in [0, 0.05) is 86.2 Å². The van der Waals surface area contributed by atoms with Crippen LogP contribution in [0.3, 0.4) is 0 Å². The van der Waals surface area contributed by atoms with E-state index in [1.165, 1.54) is 77.0 Å². The van der Waals surface area contributed by atoms with Crippen LogP contribution < -0.4 is 0 Å². The first-order chi connectivity index (χ1) is 29.2. The fourth-order valence-corrected chi connectivity index (χ4v) is 10.6. The first-order valence-corrected chi connectivity index (χ1v) is 24.6. The first-order valence-electron chi connectivity index (χ1n) is 20.8. The van der Waals surface area contributed by atoms with Crippen molar-refractivity contribution in [3.05, 3.63) is 90.5 Å². The van der Waals surface area contributed by atoms with Crippen LogP contribution in [0.4, 0.5) is 16.2 Å². The van der Waals surface area contributed by atoms with Gasteiger partial charge >= 0.3 is 12.1 Å². The van der Waals surface area contributed by atoms with E-state index < -0.39 is 71.4 Å². The molecule has 1 unspecified atom stereocenters. The number of carbonyl (C=O) groups excluding carboxylic acids is 4. The van der Waals surface area contributed by atoms with Crippen molar-refractivity contribution < 1.29 is 48.0 Å². The van der Waals surface area contributed by atoms with Gasteiger partial charge in [-0.3, -0.25) is 39.6 Å². The van der Waals surface area contributed by atoms with Crippen molar-refractivity contribution in [3.63, 3.8) is 0 Å². The predicted molar refractivity (Wildman–Crippen MR) is 231 cm³/mol. The molecule has 20 heteroatoms. The summed E-state index contributed by atoms with van der Waals surface area (Å²) in [5.74, 6) is -2.58. The molecule has 3 amide bonds. The molecule has 0 bridgehead atoms. The van der Waals surface area contributed by atoms with E-state index in [0.29, 0.717) is 48.8 Å². The fourth-order valence-electron chi connectivity index (χ4n) is 8.09. The van der Waals surface area contributed by atoms with E-state index in [-0.39, 0.29) is 54.2 Å². The van der Waals surface area contributed by atoms with Crippen LogP contribution in [0.5, 0.6) is 0 Å². The van der Waals surface area contributed by atoms with Crippen molar-refractivity contribution in [2.45, 2.75) is 95.8 Å². The highest BCUT2D eigenvalue weighted by Gasteiger charge is 2.61. The van der Waals surface area contributed by atoms with Crippen molar-refractivity contribution in [2.75, 3.05) is 45.9 Å². The minimum Gasteiger partial charge on any atom is -0.456 e. The summed E-state index contributed by atoms with van der Waals surface area (Å²) >= 11 is 1.30. The van der Waals surface area contributed by atoms with E-state index in [2.05, 4.69) is 38.8 Å². The molecular formula is C42H56N6O12SSi. The summed E-state index contributed by atoms with van der Waals surface area (Å²) in [6.07, 6.45) is -1.50. The zero-order chi connectivity index (χ0) is 45.3. The third-order valence-electron chi connectivity index (χ3n) is 12.8. The first kappa shape index (κ1) is 46.6. The van der Waals surface area contributed by atoms with E-state index in [4.69, 9.17) is 13.9 Å². The molecule has 3 fully saturated rings. The summed E-state index contributed by atoms with van der Waals surface area (Å²) < 4.78 is 17.8. The van der Waals surface area contributed by atoms with Crippen LogP contribution in [0.2, 0.25) is 18.1 Å². The van der Waals surface area contributed by atoms with Crippen molar-refractivity contribution in [1.29, 1.82) is 0 Å². The minimum absolute atomic E-state index is 0.0343. The summed E-state index contributed by atoms with van der Waals surface area (Å²) in [7, 11) is -1.92. The molecule has 4 aliphatic heterocycles. The average Bonchev–Trinajstić information content (AvgIpc) is 3.75. The van der Waals surface area contributed by atoms with Gasteiger partial charge in [-0.15, -0.1) is 11.8 Å². The lowest BCUT2D eigenvalue weighted by molar-refractivity contribution is -0.385. The number of nitro benzene ring substituents is 2. The molecule has 6 atom stereocenters. The number of aliphatic hydroxyl groups excluding tert-OH is 1.